The zero-order valence-electron chi connectivity index (χ0n) is 13.8. The van der Waals surface area contributed by atoms with Gasteiger partial charge < -0.3 is 13.7 Å². The molecule has 2 heterocycles. The van der Waals surface area contributed by atoms with E-state index in [0.717, 1.165) is 22.7 Å². The largest absolute Gasteiger partial charge is 0.467 e. The summed E-state index contributed by atoms with van der Waals surface area (Å²) in [7, 11) is 0. The predicted octanol–water partition coefficient (Wildman–Crippen LogP) is 3.60. The molecule has 0 aliphatic carbocycles. The van der Waals surface area contributed by atoms with E-state index in [9.17, 15) is 10.1 Å². The van der Waals surface area contributed by atoms with Crippen LogP contribution in [-0.4, -0.2) is 16.6 Å². The third-order valence-corrected chi connectivity index (χ3v) is 3.49. The first-order chi connectivity index (χ1) is 10.9. The molecule has 5 heteroatoms. The van der Waals surface area contributed by atoms with Crippen molar-refractivity contribution in [2.24, 2.45) is 0 Å². The quantitative estimate of drug-likeness (QED) is 0.480. The number of rotatable bonds is 5. The molecule has 0 saturated carbocycles. The molecule has 2 rings (SSSR count). The molecule has 0 aliphatic rings. The van der Waals surface area contributed by atoms with Gasteiger partial charge in [0.25, 0.3) is 0 Å². The highest BCUT2D eigenvalue weighted by atomic mass is 16.5. The van der Waals surface area contributed by atoms with E-state index in [1.165, 1.54) is 0 Å². The molecule has 2 aromatic heterocycles. The van der Waals surface area contributed by atoms with Crippen LogP contribution in [0.5, 0.6) is 0 Å². The summed E-state index contributed by atoms with van der Waals surface area (Å²) in [5.74, 6) is 0.250. The molecule has 23 heavy (non-hydrogen) atoms. The van der Waals surface area contributed by atoms with Gasteiger partial charge in [0, 0.05) is 11.4 Å². The second kappa shape index (κ2) is 7.01. The fourth-order valence-electron chi connectivity index (χ4n) is 2.35. The number of hydrogen-bond donors (Lipinski definition) is 0. The normalized spacial score (nSPS) is 11.6. The molecule has 0 fully saturated rings. The summed E-state index contributed by atoms with van der Waals surface area (Å²) in [6, 6.07) is 7.62. The number of carbonyl (C=O) groups excluding carboxylic acids is 1. The topological polar surface area (TPSA) is 68.2 Å². The monoisotopic (exact) mass is 312 g/mol. The van der Waals surface area contributed by atoms with Crippen molar-refractivity contribution < 1.29 is 13.9 Å². The first-order valence-corrected chi connectivity index (χ1v) is 7.44. The fourth-order valence-corrected chi connectivity index (χ4v) is 2.35. The van der Waals surface area contributed by atoms with E-state index in [-0.39, 0.29) is 11.7 Å². The molecule has 0 radical (unpaired) electrons. The standard InChI is InChI=1S/C18H20N2O3/c1-12(2)23-18(21)16(10-19)9-15-8-13(3)20(14(15)4)11-17-6-5-7-22-17/h5-9,12H,11H2,1-4H3/b16-9+. The second-order valence-electron chi connectivity index (χ2n) is 5.62. The van der Waals surface area contributed by atoms with Gasteiger partial charge in [-0.05, 0) is 57.5 Å². The number of carbonyl (C=O) groups is 1. The average molecular weight is 312 g/mol. The van der Waals surface area contributed by atoms with Crippen molar-refractivity contribution in [3.63, 3.8) is 0 Å². The summed E-state index contributed by atoms with van der Waals surface area (Å²) in [5.41, 5.74) is 2.81. The summed E-state index contributed by atoms with van der Waals surface area (Å²) < 4.78 is 12.5. The second-order valence-corrected chi connectivity index (χ2v) is 5.62. The summed E-state index contributed by atoms with van der Waals surface area (Å²) >= 11 is 0. The fraction of sp³-hybridized carbons (Fsp3) is 0.333. The van der Waals surface area contributed by atoms with Crippen LogP contribution in [0.4, 0.5) is 0 Å². The number of ether oxygens (including phenoxy) is 1. The number of esters is 1. The molecular formula is C18H20N2O3. The third-order valence-electron chi connectivity index (χ3n) is 3.49. The minimum Gasteiger partial charge on any atom is -0.467 e. The van der Waals surface area contributed by atoms with Gasteiger partial charge in [-0.2, -0.15) is 5.26 Å². The van der Waals surface area contributed by atoms with Gasteiger partial charge in [0.05, 0.1) is 18.9 Å². The smallest absolute Gasteiger partial charge is 0.349 e. The number of aryl methyl sites for hydroxylation is 1. The Bertz CT molecular complexity index is 759. The summed E-state index contributed by atoms with van der Waals surface area (Å²) in [6.45, 7) is 8.04. The molecule has 0 aromatic carbocycles. The van der Waals surface area contributed by atoms with Gasteiger partial charge in [-0.3, -0.25) is 0 Å². The van der Waals surface area contributed by atoms with Crippen molar-refractivity contribution in [2.75, 3.05) is 0 Å². The molecule has 0 N–H and O–H groups in total. The average Bonchev–Trinajstić information content (AvgIpc) is 3.08. The van der Waals surface area contributed by atoms with Crippen LogP contribution in [0.15, 0.2) is 34.5 Å². The Morgan fingerprint density at radius 2 is 2.22 bits per heavy atom. The molecule has 0 aliphatic heterocycles. The molecule has 0 amide bonds. The molecule has 0 unspecified atom stereocenters. The van der Waals surface area contributed by atoms with E-state index < -0.39 is 5.97 Å². The van der Waals surface area contributed by atoms with E-state index in [2.05, 4.69) is 4.57 Å². The Labute approximate surface area is 135 Å². The van der Waals surface area contributed by atoms with E-state index in [1.807, 2.05) is 38.1 Å². The number of aromatic nitrogens is 1. The number of nitriles is 1. The Balaban J connectivity index is 2.31. The first kappa shape index (κ1) is 16.6. The van der Waals surface area contributed by atoms with Gasteiger partial charge in [0.1, 0.15) is 17.4 Å². The highest BCUT2D eigenvalue weighted by molar-refractivity contribution is 5.98. The van der Waals surface area contributed by atoms with Crippen LogP contribution in [0.3, 0.4) is 0 Å². The van der Waals surface area contributed by atoms with Crippen molar-refractivity contribution >= 4 is 12.0 Å². The number of furan rings is 1. The van der Waals surface area contributed by atoms with Gasteiger partial charge in [-0.15, -0.1) is 0 Å². The number of nitrogens with zero attached hydrogens (tertiary/aromatic N) is 2. The summed E-state index contributed by atoms with van der Waals surface area (Å²) in [5, 5.41) is 9.20. The molecule has 120 valence electrons. The van der Waals surface area contributed by atoms with Gasteiger partial charge >= 0.3 is 5.97 Å². The maximum atomic E-state index is 11.9. The van der Waals surface area contributed by atoms with E-state index in [0.29, 0.717) is 6.54 Å². The lowest BCUT2D eigenvalue weighted by molar-refractivity contribution is -0.142. The Kier molecular flexibility index (Phi) is 5.07. The zero-order chi connectivity index (χ0) is 17.0. The Morgan fingerprint density at radius 3 is 2.78 bits per heavy atom. The summed E-state index contributed by atoms with van der Waals surface area (Å²) in [6.07, 6.45) is 2.96. The maximum Gasteiger partial charge on any atom is 0.349 e. The lowest BCUT2D eigenvalue weighted by atomic mass is 10.1. The molecule has 0 atom stereocenters. The Hall–Kier alpha value is -2.74. The third kappa shape index (κ3) is 3.92. The van der Waals surface area contributed by atoms with E-state index >= 15 is 0 Å². The van der Waals surface area contributed by atoms with E-state index in [1.54, 1.807) is 26.2 Å². The van der Waals surface area contributed by atoms with Crippen molar-refractivity contribution in [1.82, 2.24) is 4.57 Å². The lowest BCUT2D eigenvalue weighted by Crippen LogP contribution is -2.12. The van der Waals surface area contributed by atoms with Crippen LogP contribution in [0.2, 0.25) is 0 Å². The minimum atomic E-state index is -0.599. The van der Waals surface area contributed by atoms with Crippen molar-refractivity contribution in [1.29, 1.82) is 5.26 Å². The maximum absolute atomic E-state index is 11.9. The minimum absolute atomic E-state index is 0.00283. The van der Waals surface area contributed by atoms with Gasteiger partial charge in [-0.1, -0.05) is 0 Å². The molecule has 5 nitrogen and oxygen atoms in total. The summed E-state index contributed by atoms with van der Waals surface area (Å²) in [4.78, 5) is 11.9. The van der Waals surface area contributed by atoms with Crippen LogP contribution >= 0.6 is 0 Å². The van der Waals surface area contributed by atoms with Crippen molar-refractivity contribution in [3.05, 3.63) is 52.7 Å². The highest BCUT2D eigenvalue weighted by Gasteiger charge is 2.15. The Morgan fingerprint density at radius 1 is 1.48 bits per heavy atom. The van der Waals surface area contributed by atoms with Gasteiger partial charge in [0.2, 0.25) is 0 Å². The van der Waals surface area contributed by atoms with Crippen molar-refractivity contribution in [3.8, 4) is 6.07 Å². The van der Waals surface area contributed by atoms with Crippen LogP contribution in [0.25, 0.3) is 6.08 Å². The molecule has 0 spiro atoms. The van der Waals surface area contributed by atoms with Gasteiger partial charge in [0.15, 0.2) is 0 Å². The van der Waals surface area contributed by atoms with Crippen LogP contribution in [-0.2, 0) is 16.1 Å². The highest BCUT2D eigenvalue weighted by Crippen LogP contribution is 2.20. The number of hydrogen-bond acceptors (Lipinski definition) is 4. The van der Waals surface area contributed by atoms with Crippen LogP contribution < -0.4 is 0 Å². The zero-order valence-corrected chi connectivity index (χ0v) is 13.8. The SMILES string of the molecule is Cc1cc(/C=C(\C#N)C(=O)OC(C)C)c(C)n1Cc1ccco1. The molecule has 2 aromatic rings. The molecule has 0 saturated heterocycles. The lowest BCUT2D eigenvalue weighted by Gasteiger charge is -2.08. The van der Waals surface area contributed by atoms with Crippen molar-refractivity contribution in [2.45, 2.75) is 40.3 Å². The molecular weight excluding hydrogens is 292 g/mol. The predicted molar refractivity (Wildman–Crippen MR) is 86.5 cm³/mol. The van der Waals surface area contributed by atoms with Crippen LogP contribution in [0, 0.1) is 25.2 Å². The molecule has 0 bridgehead atoms. The first-order valence-electron chi connectivity index (χ1n) is 7.44. The van der Waals surface area contributed by atoms with Crippen LogP contribution in [0.1, 0.15) is 36.6 Å². The van der Waals surface area contributed by atoms with Gasteiger partial charge in [-0.25, -0.2) is 4.79 Å². The van der Waals surface area contributed by atoms with E-state index in [4.69, 9.17) is 9.15 Å².